The summed E-state index contributed by atoms with van der Waals surface area (Å²) >= 11 is 0. The summed E-state index contributed by atoms with van der Waals surface area (Å²) in [4.78, 5) is 42.4. The molecule has 1 aliphatic heterocycles. The van der Waals surface area contributed by atoms with Gasteiger partial charge in [-0.3, -0.25) is 4.79 Å². The van der Waals surface area contributed by atoms with Crippen LogP contribution < -0.4 is 10.9 Å². The van der Waals surface area contributed by atoms with Gasteiger partial charge in [-0.15, -0.1) is 0 Å². The first-order valence-electron chi connectivity index (χ1n) is 9.13. The second kappa shape index (κ2) is 7.78. The van der Waals surface area contributed by atoms with Gasteiger partial charge in [0.2, 0.25) is 0 Å². The van der Waals surface area contributed by atoms with Crippen LogP contribution >= 0.6 is 0 Å². The Kier molecular flexibility index (Phi) is 5.01. The maximum atomic E-state index is 12.8. The van der Waals surface area contributed by atoms with Crippen molar-refractivity contribution in [2.45, 2.75) is 12.1 Å². The van der Waals surface area contributed by atoms with Crippen molar-refractivity contribution in [2.75, 3.05) is 19.5 Å². The number of anilines is 1. The van der Waals surface area contributed by atoms with Crippen molar-refractivity contribution < 1.29 is 19.1 Å². The number of fused-ring (bicyclic) bond motifs is 3. The Labute approximate surface area is 171 Å². The summed E-state index contributed by atoms with van der Waals surface area (Å²) in [7, 11) is 2.44. The van der Waals surface area contributed by atoms with Gasteiger partial charge in [-0.1, -0.05) is 42.5 Å². The van der Waals surface area contributed by atoms with Crippen LogP contribution in [-0.4, -0.2) is 47.0 Å². The molecule has 0 spiro atoms. The van der Waals surface area contributed by atoms with Crippen LogP contribution in [0.5, 0.6) is 0 Å². The summed E-state index contributed by atoms with van der Waals surface area (Å²) in [5, 5.41) is 7.48. The first-order chi connectivity index (χ1) is 14.5. The largest absolute Gasteiger partial charge is 0.467 e. The molecule has 3 aromatic rings. The smallest absolute Gasteiger partial charge is 0.333 e. The van der Waals surface area contributed by atoms with Gasteiger partial charge in [-0.05, 0) is 12.1 Å². The normalized spacial score (nSPS) is 17.0. The molecule has 0 saturated carbocycles. The number of nitrogens with one attached hydrogen (secondary N) is 1. The van der Waals surface area contributed by atoms with Crippen LogP contribution in [0, 0.1) is 0 Å². The third kappa shape index (κ3) is 3.20. The fourth-order valence-corrected chi connectivity index (χ4v) is 3.42. The molecule has 9 nitrogen and oxygen atoms in total. The summed E-state index contributed by atoms with van der Waals surface area (Å²) in [6, 6.07) is 13.3. The number of rotatable bonds is 3. The molecule has 0 radical (unpaired) electrons. The molecule has 1 aromatic heterocycles. The molecule has 0 aliphatic carbocycles. The average molecular weight is 406 g/mol. The topological polar surface area (TPSA) is 112 Å². The lowest BCUT2D eigenvalue weighted by atomic mass is 10.1. The highest BCUT2D eigenvalue weighted by Crippen LogP contribution is 2.34. The zero-order valence-corrected chi connectivity index (χ0v) is 16.2. The Balaban J connectivity index is 2.04. The van der Waals surface area contributed by atoms with Crippen molar-refractivity contribution in [1.82, 2.24) is 14.8 Å². The first-order valence-corrected chi connectivity index (χ1v) is 9.13. The van der Waals surface area contributed by atoms with Gasteiger partial charge in [0.15, 0.2) is 23.6 Å². The third-order valence-electron chi connectivity index (χ3n) is 4.84. The van der Waals surface area contributed by atoms with Crippen LogP contribution in [0.4, 0.5) is 5.69 Å². The molecular weight excluding hydrogens is 388 g/mol. The molecule has 0 bridgehead atoms. The van der Waals surface area contributed by atoms with E-state index in [-0.39, 0.29) is 11.5 Å². The number of carbonyl (C=O) groups is 2. The van der Waals surface area contributed by atoms with Crippen LogP contribution in [0.15, 0.2) is 59.4 Å². The lowest BCUT2D eigenvalue weighted by Gasteiger charge is -2.24. The third-order valence-corrected chi connectivity index (χ3v) is 4.84. The minimum atomic E-state index is -1.25. The van der Waals surface area contributed by atoms with E-state index in [1.54, 1.807) is 48.5 Å². The lowest BCUT2D eigenvalue weighted by Crippen LogP contribution is -2.44. The molecular formula is C21H18N4O5. The Morgan fingerprint density at radius 2 is 1.63 bits per heavy atom. The number of para-hydroxylation sites is 1. The molecule has 0 fully saturated rings. The fourth-order valence-electron chi connectivity index (χ4n) is 3.42. The molecule has 9 heteroatoms. The van der Waals surface area contributed by atoms with Gasteiger partial charge in [-0.25, -0.2) is 14.3 Å². The molecule has 0 saturated heterocycles. The SMILES string of the molecule is COC(=O)[C@H]1Nc2ccccc2-c2nc(=O)c(-c3ccccc3)nn2[C@H]1C(=O)OC. The van der Waals surface area contributed by atoms with Crippen LogP contribution in [0.2, 0.25) is 0 Å². The number of hydrogen-bond acceptors (Lipinski definition) is 8. The van der Waals surface area contributed by atoms with Crippen molar-refractivity contribution in [3.63, 3.8) is 0 Å². The molecule has 0 amide bonds. The van der Waals surface area contributed by atoms with E-state index in [9.17, 15) is 14.4 Å². The number of ether oxygens (including phenoxy) is 2. The van der Waals surface area contributed by atoms with Crippen molar-refractivity contribution >= 4 is 17.6 Å². The molecule has 2 heterocycles. The van der Waals surface area contributed by atoms with Crippen LogP contribution in [0.3, 0.4) is 0 Å². The van der Waals surface area contributed by atoms with Gasteiger partial charge in [0, 0.05) is 16.8 Å². The van der Waals surface area contributed by atoms with Gasteiger partial charge in [0.05, 0.1) is 14.2 Å². The number of hydrogen-bond donors (Lipinski definition) is 1. The first kappa shape index (κ1) is 19.3. The van der Waals surface area contributed by atoms with Crippen molar-refractivity contribution in [3.8, 4) is 22.6 Å². The maximum absolute atomic E-state index is 12.8. The van der Waals surface area contributed by atoms with Crippen LogP contribution in [-0.2, 0) is 19.1 Å². The highest BCUT2D eigenvalue weighted by molar-refractivity contribution is 5.91. The lowest BCUT2D eigenvalue weighted by molar-refractivity contribution is -0.152. The minimum Gasteiger partial charge on any atom is -0.467 e. The van der Waals surface area contributed by atoms with Gasteiger partial charge < -0.3 is 14.8 Å². The van der Waals surface area contributed by atoms with E-state index in [4.69, 9.17) is 9.47 Å². The molecule has 1 aliphatic rings. The molecule has 152 valence electrons. The molecule has 2 aromatic carbocycles. The van der Waals surface area contributed by atoms with E-state index < -0.39 is 29.6 Å². The summed E-state index contributed by atoms with van der Waals surface area (Å²) in [6.45, 7) is 0. The minimum absolute atomic E-state index is 0.0521. The number of aromatic nitrogens is 3. The monoisotopic (exact) mass is 406 g/mol. The summed E-state index contributed by atoms with van der Waals surface area (Å²) in [5.41, 5.74) is 1.06. The van der Waals surface area contributed by atoms with Gasteiger partial charge in [-0.2, -0.15) is 10.1 Å². The van der Waals surface area contributed by atoms with Crippen molar-refractivity contribution in [3.05, 3.63) is 65.0 Å². The number of benzene rings is 2. The van der Waals surface area contributed by atoms with E-state index >= 15 is 0 Å². The summed E-state index contributed by atoms with van der Waals surface area (Å²) in [6.07, 6.45) is 0. The zero-order chi connectivity index (χ0) is 21.3. The van der Waals surface area contributed by atoms with Gasteiger partial charge in [0.1, 0.15) is 0 Å². The molecule has 0 unspecified atom stereocenters. The zero-order valence-electron chi connectivity index (χ0n) is 16.2. The van der Waals surface area contributed by atoms with E-state index in [0.717, 1.165) is 0 Å². The number of esters is 2. The van der Waals surface area contributed by atoms with E-state index in [1.165, 1.54) is 18.9 Å². The second-order valence-corrected chi connectivity index (χ2v) is 6.56. The van der Waals surface area contributed by atoms with Crippen molar-refractivity contribution in [1.29, 1.82) is 0 Å². The van der Waals surface area contributed by atoms with Crippen LogP contribution in [0.1, 0.15) is 6.04 Å². The Hall–Kier alpha value is -4.01. The average Bonchev–Trinajstić information content (AvgIpc) is 2.92. The number of carbonyl (C=O) groups excluding carboxylic acids is 2. The van der Waals surface area contributed by atoms with Crippen molar-refractivity contribution in [2.24, 2.45) is 0 Å². The molecule has 1 N–H and O–H groups in total. The Morgan fingerprint density at radius 3 is 2.33 bits per heavy atom. The van der Waals surface area contributed by atoms with Gasteiger partial charge in [0.25, 0.3) is 5.56 Å². The molecule has 2 atom stereocenters. The second-order valence-electron chi connectivity index (χ2n) is 6.56. The summed E-state index contributed by atoms with van der Waals surface area (Å²) < 4.78 is 11.1. The predicted molar refractivity (Wildman–Crippen MR) is 108 cm³/mol. The fraction of sp³-hybridized carbons (Fsp3) is 0.190. The van der Waals surface area contributed by atoms with E-state index in [0.29, 0.717) is 16.8 Å². The van der Waals surface area contributed by atoms with E-state index in [1.807, 2.05) is 6.07 Å². The highest BCUT2D eigenvalue weighted by Gasteiger charge is 2.42. The highest BCUT2D eigenvalue weighted by atomic mass is 16.5. The summed E-state index contributed by atoms with van der Waals surface area (Å²) in [5.74, 6) is -1.27. The Morgan fingerprint density at radius 1 is 0.967 bits per heavy atom. The number of nitrogens with zero attached hydrogens (tertiary/aromatic N) is 3. The number of methoxy groups -OCH3 is 2. The van der Waals surface area contributed by atoms with Crippen LogP contribution in [0.25, 0.3) is 22.6 Å². The molecule has 4 rings (SSSR count). The quantitative estimate of drug-likeness (QED) is 0.654. The van der Waals surface area contributed by atoms with Gasteiger partial charge >= 0.3 is 11.9 Å². The molecule has 30 heavy (non-hydrogen) atoms. The predicted octanol–water partition coefficient (Wildman–Crippen LogP) is 1.65. The maximum Gasteiger partial charge on any atom is 0.333 e. The van der Waals surface area contributed by atoms with E-state index in [2.05, 4.69) is 15.4 Å². The Bertz CT molecular complexity index is 1180. The standard InChI is InChI=1S/C21H18N4O5/c1-29-20(27)16-17(21(28)30-2)25-18(13-10-6-7-11-14(13)22-16)23-19(26)15(24-25)12-8-4-3-5-9-12/h3-11,16-17,22H,1-2H3/t16-,17+/m0/s1.